The van der Waals surface area contributed by atoms with Gasteiger partial charge in [-0.2, -0.15) is 0 Å². The van der Waals surface area contributed by atoms with E-state index in [1.54, 1.807) is 26.1 Å². The number of ether oxygens (including phenoxy) is 1. The van der Waals surface area contributed by atoms with Gasteiger partial charge in [0.15, 0.2) is 0 Å². The van der Waals surface area contributed by atoms with E-state index in [1.807, 2.05) is 6.07 Å². The zero-order valence-corrected chi connectivity index (χ0v) is 12.1. The Bertz CT molecular complexity index is 430. The minimum Gasteiger partial charge on any atom is -0.463 e. The van der Waals surface area contributed by atoms with Crippen LogP contribution in [0, 0.1) is 0 Å². The average molecular weight is 349 g/mol. The van der Waals surface area contributed by atoms with Gasteiger partial charge in [0.05, 0.1) is 12.3 Å². The summed E-state index contributed by atoms with van der Waals surface area (Å²) >= 11 is 6.69. The second kappa shape index (κ2) is 6.15. The molecule has 0 bridgehead atoms. The second-order valence-corrected chi connectivity index (χ2v) is 4.84. The summed E-state index contributed by atoms with van der Waals surface area (Å²) in [5, 5.41) is 0. The molecule has 1 aromatic heterocycles. The van der Waals surface area contributed by atoms with E-state index < -0.39 is 0 Å². The Morgan fingerprint density at radius 1 is 1.56 bits per heavy atom. The molecule has 0 amide bonds. The maximum absolute atomic E-state index is 11.4. The van der Waals surface area contributed by atoms with E-state index in [0.717, 1.165) is 8.95 Å². The summed E-state index contributed by atoms with van der Waals surface area (Å²) in [5.41, 5.74) is 1.23. The van der Waals surface area contributed by atoms with E-state index in [2.05, 4.69) is 36.8 Å². The van der Waals surface area contributed by atoms with Crippen LogP contribution in [0.3, 0.4) is 0 Å². The summed E-state index contributed by atoms with van der Waals surface area (Å²) in [5.74, 6) is -0.320. The summed E-state index contributed by atoms with van der Waals surface area (Å²) in [6.07, 6.45) is 3.36. The number of hydrogen-bond donors (Lipinski definition) is 0. The van der Waals surface area contributed by atoms with Crippen LogP contribution in [-0.2, 0) is 9.53 Å². The van der Waals surface area contributed by atoms with Crippen LogP contribution in [0.1, 0.15) is 19.5 Å². The van der Waals surface area contributed by atoms with Crippen LogP contribution < -0.4 is 0 Å². The van der Waals surface area contributed by atoms with Gasteiger partial charge in [0.2, 0.25) is 0 Å². The van der Waals surface area contributed by atoms with Crippen molar-refractivity contribution in [2.45, 2.75) is 13.8 Å². The topological polar surface area (TPSA) is 39.2 Å². The van der Waals surface area contributed by atoms with Gasteiger partial charge in [-0.3, -0.25) is 4.98 Å². The lowest BCUT2D eigenvalue weighted by molar-refractivity contribution is -0.138. The van der Waals surface area contributed by atoms with Gasteiger partial charge in [-0.05, 0) is 57.8 Å². The maximum atomic E-state index is 11.4. The van der Waals surface area contributed by atoms with Gasteiger partial charge in [-0.1, -0.05) is 0 Å². The molecular weight excluding hydrogens is 338 g/mol. The summed E-state index contributed by atoms with van der Waals surface area (Å²) in [7, 11) is 0. The smallest absolute Gasteiger partial charge is 0.333 e. The third-order valence-corrected chi connectivity index (χ3v) is 2.86. The van der Waals surface area contributed by atoms with Crippen molar-refractivity contribution >= 4 is 43.9 Å². The number of carbonyl (C=O) groups excluding carboxylic acids is 1. The number of carbonyl (C=O) groups is 1. The first kappa shape index (κ1) is 13.4. The van der Waals surface area contributed by atoms with Crippen molar-refractivity contribution in [1.82, 2.24) is 4.98 Å². The lowest BCUT2D eigenvalue weighted by Gasteiger charge is -2.02. The van der Waals surface area contributed by atoms with Crippen molar-refractivity contribution in [2.24, 2.45) is 0 Å². The van der Waals surface area contributed by atoms with Crippen LogP contribution in [0.4, 0.5) is 0 Å². The number of aromatic nitrogens is 1. The highest BCUT2D eigenvalue weighted by Gasteiger charge is 2.06. The highest BCUT2D eigenvalue weighted by molar-refractivity contribution is 9.11. The molecule has 0 fully saturated rings. The normalized spacial score (nSPS) is 11.4. The highest BCUT2D eigenvalue weighted by atomic mass is 79.9. The zero-order valence-electron chi connectivity index (χ0n) is 8.96. The monoisotopic (exact) mass is 347 g/mol. The molecular formula is C11H11Br2NO2. The molecule has 1 heterocycles. The molecule has 0 aromatic carbocycles. The standard InChI is InChI=1S/C11H11Br2NO2/c1-3-16-11(15)7(2)4-10-9(13)5-8(12)6-14-10/h4-6H,3H2,1-2H3. The van der Waals surface area contributed by atoms with Crippen LogP contribution in [0.15, 0.2) is 26.8 Å². The fourth-order valence-corrected chi connectivity index (χ4v) is 2.14. The number of halogens is 2. The summed E-state index contributed by atoms with van der Waals surface area (Å²) in [6.45, 7) is 3.85. The highest BCUT2D eigenvalue weighted by Crippen LogP contribution is 2.21. The molecule has 86 valence electrons. The number of pyridine rings is 1. The van der Waals surface area contributed by atoms with Crippen LogP contribution in [-0.4, -0.2) is 17.6 Å². The minimum atomic E-state index is -0.320. The van der Waals surface area contributed by atoms with Crippen LogP contribution in [0.25, 0.3) is 6.08 Å². The minimum absolute atomic E-state index is 0.320. The number of rotatable bonds is 3. The molecule has 0 spiro atoms. The Morgan fingerprint density at radius 2 is 2.25 bits per heavy atom. The van der Waals surface area contributed by atoms with E-state index in [0.29, 0.717) is 17.9 Å². The van der Waals surface area contributed by atoms with E-state index in [9.17, 15) is 4.79 Å². The maximum Gasteiger partial charge on any atom is 0.333 e. The SMILES string of the molecule is CCOC(=O)C(C)=Cc1ncc(Br)cc1Br. The molecule has 3 nitrogen and oxygen atoms in total. The fourth-order valence-electron chi connectivity index (χ4n) is 1.04. The summed E-state index contributed by atoms with van der Waals surface area (Å²) in [4.78, 5) is 15.6. The van der Waals surface area contributed by atoms with E-state index in [-0.39, 0.29) is 5.97 Å². The molecule has 0 saturated heterocycles. The number of hydrogen-bond acceptors (Lipinski definition) is 3. The molecule has 0 aliphatic carbocycles. The molecule has 0 unspecified atom stereocenters. The molecule has 0 aliphatic heterocycles. The lowest BCUT2D eigenvalue weighted by Crippen LogP contribution is -2.05. The van der Waals surface area contributed by atoms with Crippen LogP contribution in [0.2, 0.25) is 0 Å². The van der Waals surface area contributed by atoms with Crippen LogP contribution in [0.5, 0.6) is 0 Å². The Morgan fingerprint density at radius 3 is 2.81 bits per heavy atom. The molecule has 0 N–H and O–H groups in total. The van der Waals surface area contributed by atoms with Gasteiger partial charge in [0, 0.05) is 20.7 Å². The van der Waals surface area contributed by atoms with Crippen molar-refractivity contribution < 1.29 is 9.53 Å². The number of esters is 1. The Labute approximate surface area is 111 Å². The van der Waals surface area contributed by atoms with Gasteiger partial charge in [-0.25, -0.2) is 4.79 Å². The third kappa shape index (κ3) is 3.72. The molecule has 16 heavy (non-hydrogen) atoms. The molecule has 1 rings (SSSR count). The fraction of sp³-hybridized carbons (Fsp3) is 0.273. The van der Waals surface area contributed by atoms with Crippen molar-refractivity contribution in [1.29, 1.82) is 0 Å². The van der Waals surface area contributed by atoms with Gasteiger partial charge in [0.1, 0.15) is 0 Å². The Balaban J connectivity index is 2.94. The summed E-state index contributed by atoms with van der Waals surface area (Å²) < 4.78 is 6.58. The first-order valence-corrected chi connectivity index (χ1v) is 6.29. The predicted octanol–water partition coefficient (Wildman–Crippen LogP) is 3.57. The van der Waals surface area contributed by atoms with E-state index >= 15 is 0 Å². The quantitative estimate of drug-likeness (QED) is 0.619. The predicted molar refractivity (Wildman–Crippen MR) is 69.9 cm³/mol. The first-order chi connectivity index (χ1) is 7.54. The van der Waals surface area contributed by atoms with E-state index in [1.165, 1.54) is 0 Å². The van der Waals surface area contributed by atoms with Gasteiger partial charge >= 0.3 is 5.97 Å². The zero-order chi connectivity index (χ0) is 12.1. The lowest BCUT2D eigenvalue weighted by atomic mass is 10.2. The number of nitrogens with zero attached hydrogens (tertiary/aromatic N) is 1. The summed E-state index contributed by atoms with van der Waals surface area (Å²) in [6, 6.07) is 1.87. The molecule has 0 saturated carbocycles. The molecule has 0 radical (unpaired) electrons. The van der Waals surface area contributed by atoms with Crippen molar-refractivity contribution in [3.63, 3.8) is 0 Å². The van der Waals surface area contributed by atoms with Gasteiger partial charge in [-0.15, -0.1) is 0 Å². The van der Waals surface area contributed by atoms with Crippen molar-refractivity contribution in [3.05, 3.63) is 32.5 Å². The first-order valence-electron chi connectivity index (χ1n) is 4.71. The van der Waals surface area contributed by atoms with E-state index in [4.69, 9.17) is 4.74 Å². The van der Waals surface area contributed by atoms with Gasteiger partial charge < -0.3 is 4.74 Å². The van der Waals surface area contributed by atoms with Crippen molar-refractivity contribution in [2.75, 3.05) is 6.61 Å². The molecule has 1 aromatic rings. The van der Waals surface area contributed by atoms with Crippen molar-refractivity contribution in [3.8, 4) is 0 Å². The average Bonchev–Trinajstić information content (AvgIpc) is 2.22. The Kier molecular flexibility index (Phi) is 5.15. The Hall–Kier alpha value is -0.680. The molecule has 5 heteroatoms. The van der Waals surface area contributed by atoms with Crippen LogP contribution >= 0.6 is 31.9 Å². The third-order valence-electron chi connectivity index (χ3n) is 1.79. The molecule has 0 aliphatic rings. The molecule has 0 atom stereocenters. The largest absolute Gasteiger partial charge is 0.463 e. The van der Waals surface area contributed by atoms with Gasteiger partial charge in [0.25, 0.3) is 0 Å². The second-order valence-electron chi connectivity index (χ2n) is 3.07.